The van der Waals surface area contributed by atoms with E-state index >= 15 is 0 Å². The second-order valence-electron chi connectivity index (χ2n) is 7.94. The van der Waals surface area contributed by atoms with Gasteiger partial charge in [0, 0.05) is 11.8 Å². The first-order chi connectivity index (χ1) is 12.5. The van der Waals surface area contributed by atoms with Crippen molar-refractivity contribution in [2.75, 3.05) is 6.61 Å². The van der Waals surface area contributed by atoms with E-state index in [1.54, 1.807) is 12.1 Å². The molecule has 136 valence electrons. The first kappa shape index (κ1) is 16.2. The van der Waals surface area contributed by atoms with E-state index in [0.29, 0.717) is 0 Å². The summed E-state index contributed by atoms with van der Waals surface area (Å²) in [6.45, 7) is 5.16. The molecular weight excluding hydrogens is 331 g/mol. The van der Waals surface area contributed by atoms with Gasteiger partial charge in [-0.3, -0.25) is 0 Å². The van der Waals surface area contributed by atoms with Gasteiger partial charge in [-0.1, -0.05) is 12.5 Å². The summed E-state index contributed by atoms with van der Waals surface area (Å²) >= 11 is 0. The Morgan fingerprint density at radius 1 is 1.27 bits per heavy atom. The van der Waals surface area contributed by atoms with Crippen molar-refractivity contribution < 1.29 is 13.9 Å². The number of benzene rings is 1. The number of nitrogens with zero attached hydrogens (tertiary/aromatic N) is 2. The summed E-state index contributed by atoms with van der Waals surface area (Å²) in [5, 5.41) is 4.57. The molecule has 1 aliphatic heterocycles. The molecule has 3 aliphatic rings. The topological polar surface area (TPSA) is 36.3 Å². The molecule has 2 heterocycles. The number of aromatic nitrogens is 2. The molecule has 2 aromatic rings. The highest BCUT2D eigenvalue weighted by Crippen LogP contribution is 2.58. The smallest absolute Gasteiger partial charge is 0.178 e. The third-order valence-corrected chi connectivity index (χ3v) is 6.34. The summed E-state index contributed by atoms with van der Waals surface area (Å²) in [7, 11) is 0. The largest absolute Gasteiger partial charge is 0.349 e. The van der Waals surface area contributed by atoms with Crippen LogP contribution < -0.4 is 0 Å². The lowest BCUT2D eigenvalue weighted by atomic mass is 9.71. The van der Waals surface area contributed by atoms with Gasteiger partial charge >= 0.3 is 0 Å². The molecule has 1 aromatic heterocycles. The minimum absolute atomic E-state index is 0.161. The maximum atomic E-state index is 13.3. The molecule has 2 fully saturated rings. The Balaban J connectivity index is 1.56. The Bertz CT molecular complexity index is 888. The average molecular weight is 354 g/mol. The monoisotopic (exact) mass is 354 g/mol. The number of hydrogen-bond acceptors (Lipinski definition) is 3. The molecule has 4 nitrogen and oxygen atoms in total. The van der Waals surface area contributed by atoms with E-state index in [1.807, 2.05) is 10.9 Å². The van der Waals surface area contributed by atoms with Gasteiger partial charge in [0.05, 0.1) is 30.3 Å². The van der Waals surface area contributed by atoms with E-state index in [4.69, 9.17) is 9.47 Å². The third-order valence-electron chi connectivity index (χ3n) is 6.34. The number of halogens is 1. The molecule has 0 radical (unpaired) electrons. The summed E-state index contributed by atoms with van der Waals surface area (Å²) in [5.74, 6) is -0.759. The van der Waals surface area contributed by atoms with E-state index in [2.05, 4.69) is 25.0 Å². The summed E-state index contributed by atoms with van der Waals surface area (Å²) < 4.78 is 27.8. The van der Waals surface area contributed by atoms with Crippen LogP contribution in [0.15, 0.2) is 36.0 Å². The van der Waals surface area contributed by atoms with Crippen molar-refractivity contribution in [3.63, 3.8) is 0 Å². The standard InChI is InChI=1S/C21H23FN2O2/c1-14-8-10-25-21(26-14)9-7-16-11-19-15(12-20(16,21)2)13-23-24(19)18-5-3-17(22)4-6-18/h3-6,11,13-14H,7-10,12H2,1-2H3/t14-,20+,21?/m1/s1. The van der Waals surface area contributed by atoms with E-state index in [-0.39, 0.29) is 17.3 Å². The maximum Gasteiger partial charge on any atom is 0.178 e. The van der Waals surface area contributed by atoms with E-state index in [1.165, 1.54) is 23.3 Å². The first-order valence-electron chi connectivity index (χ1n) is 9.36. The number of fused-ring (bicyclic) bond motifs is 3. The molecule has 1 saturated carbocycles. The lowest BCUT2D eigenvalue weighted by Gasteiger charge is -2.48. The predicted octanol–water partition coefficient (Wildman–Crippen LogP) is 4.27. The van der Waals surface area contributed by atoms with Crippen LogP contribution in [0.4, 0.5) is 4.39 Å². The number of ether oxygens (including phenoxy) is 2. The minimum Gasteiger partial charge on any atom is -0.349 e. The van der Waals surface area contributed by atoms with Crippen molar-refractivity contribution in [2.24, 2.45) is 5.41 Å². The molecule has 0 bridgehead atoms. The van der Waals surface area contributed by atoms with E-state index in [9.17, 15) is 4.39 Å². The molecule has 1 spiro atoms. The van der Waals surface area contributed by atoms with Gasteiger partial charge in [0.2, 0.25) is 0 Å². The van der Waals surface area contributed by atoms with Crippen LogP contribution in [0.25, 0.3) is 11.8 Å². The molecule has 1 aromatic carbocycles. The minimum atomic E-state index is -0.522. The molecule has 0 amide bonds. The summed E-state index contributed by atoms with van der Waals surface area (Å²) in [6, 6.07) is 6.47. The molecule has 2 aliphatic carbocycles. The highest BCUT2D eigenvalue weighted by Gasteiger charge is 2.59. The lowest BCUT2D eigenvalue weighted by Crippen LogP contribution is -2.53. The zero-order chi connectivity index (χ0) is 17.9. The van der Waals surface area contributed by atoms with Gasteiger partial charge in [0.25, 0.3) is 0 Å². The molecule has 26 heavy (non-hydrogen) atoms. The summed E-state index contributed by atoms with van der Waals surface area (Å²) in [4.78, 5) is 0. The molecule has 1 unspecified atom stereocenters. The van der Waals surface area contributed by atoms with Crippen LogP contribution in [0.3, 0.4) is 0 Å². The van der Waals surface area contributed by atoms with Crippen LogP contribution in [-0.4, -0.2) is 28.3 Å². The van der Waals surface area contributed by atoms with Gasteiger partial charge in [0.1, 0.15) is 5.82 Å². The van der Waals surface area contributed by atoms with Crippen LogP contribution >= 0.6 is 0 Å². The fourth-order valence-electron chi connectivity index (χ4n) is 4.82. The zero-order valence-electron chi connectivity index (χ0n) is 15.2. The Labute approximate surface area is 152 Å². The van der Waals surface area contributed by atoms with Gasteiger partial charge in [-0.05, 0) is 62.1 Å². The van der Waals surface area contributed by atoms with E-state index in [0.717, 1.165) is 43.7 Å². The van der Waals surface area contributed by atoms with Gasteiger partial charge in [-0.25, -0.2) is 9.07 Å². The molecule has 0 N–H and O–H groups in total. The van der Waals surface area contributed by atoms with Crippen LogP contribution in [0.1, 0.15) is 44.4 Å². The van der Waals surface area contributed by atoms with Crippen molar-refractivity contribution in [1.29, 1.82) is 0 Å². The molecular formula is C21H23FN2O2. The second kappa shape index (κ2) is 5.51. The zero-order valence-corrected chi connectivity index (χ0v) is 15.2. The molecule has 1 saturated heterocycles. The fourth-order valence-corrected chi connectivity index (χ4v) is 4.82. The van der Waals surface area contributed by atoms with Gasteiger partial charge in [-0.2, -0.15) is 5.10 Å². The van der Waals surface area contributed by atoms with Crippen molar-refractivity contribution >= 4 is 6.08 Å². The van der Waals surface area contributed by atoms with Crippen LogP contribution in [-0.2, 0) is 15.9 Å². The van der Waals surface area contributed by atoms with Crippen LogP contribution in [0.2, 0.25) is 0 Å². The SMILES string of the molecule is C[C@@H]1CCOC2(CCC3=Cc4c(cnn4-c4ccc(F)cc4)C[C@@]32C)O1. The molecule has 3 atom stereocenters. The summed E-state index contributed by atoms with van der Waals surface area (Å²) in [6.07, 6.45) is 8.06. The quantitative estimate of drug-likeness (QED) is 0.767. The van der Waals surface area contributed by atoms with Crippen molar-refractivity contribution in [1.82, 2.24) is 9.78 Å². The van der Waals surface area contributed by atoms with Crippen molar-refractivity contribution in [2.45, 2.75) is 51.4 Å². The normalized spacial score (nSPS) is 33.0. The summed E-state index contributed by atoms with van der Waals surface area (Å²) in [5.41, 5.74) is 4.35. The van der Waals surface area contributed by atoms with Gasteiger partial charge in [0.15, 0.2) is 5.79 Å². The van der Waals surface area contributed by atoms with Crippen molar-refractivity contribution in [3.8, 4) is 5.69 Å². The van der Waals surface area contributed by atoms with Crippen LogP contribution in [0.5, 0.6) is 0 Å². The second-order valence-corrected chi connectivity index (χ2v) is 7.94. The highest BCUT2D eigenvalue weighted by atomic mass is 19.1. The highest BCUT2D eigenvalue weighted by molar-refractivity contribution is 5.62. The number of hydrogen-bond donors (Lipinski definition) is 0. The van der Waals surface area contributed by atoms with E-state index < -0.39 is 5.79 Å². The maximum absolute atomic E-state index is 13.3. The predicted molar refractivity (Wildman–Crippen MR) is 96.4 cm³/mol. The Morgan fingerprint density at radius 3 is 2.85 bits per heavy atom. The number of rotatable bonds is 1. The van der Waals surface area contributed by atoms with Gasteiger partial charge < -0.3 is 9.47 Å². The lowest BCUT2D eigenvalue weighted by molar-refractivity contribution is -0.324. The Morgan fingerprint density at radius 2 is 2.08 bits per heavy atom. The first-order valence-corrected chi connectivity index (χ1v) is 9.36. The van der Waals surface area contributed by atoms with Crippen molar-refractivity contribution in [3.05, 3.63) is 53.1 Å². The third kappa shape index (κ3) is 2.17. The van der Waals surface area contributed by atoms with Gasteiger partial charge in [-0.15, -0.1) is 0 Å². The average Bonchev–Trinajstić information content (AvgIpc) is 3.13. The molecule has 5 rings (SSSR count). The Hall–Kier alpha value is -1.98. The van der Waals surface area contributed by atoms with Crippen LogP contribution in [0, 0.1) is 11.2 Å². The Kier molecular flexibility index (Phi) is 3.43. The fraction of sp³-hybridized carbons (Fsp3) is 0.476. The molecule has 5 heteroatoms.